The van der Waals surface area contributed by atoms with E-state index in [0.29, 0.717) is 11.2 Å². The number of aromatic hydroxyl groups is 1. The van der Waals surface area contributed by atoms with Gasteiger partial charge < -0.3 is 10.0 Å². The number of hydrogen-bond donors (Lipinski definition) is 1. The number of benzene rings is 1. The van der Waals surface area contributed by atoms with Crippen LogP contribution in [0, 0.1) is 5.41 Å². The molecule has 0 bridgehead atoms. The zero-order valence-corrected chi connectivity index (χ0v) is 9.53. The van der Waals surface area contributed by atoms with Crippen LogP contribution in [-0.2, 0) is 0 Å². The lowest BCUT2D eigenvalue weighted by Crippen LogP contribution is -2.37. The minimum atomic E-state index is 0.344. The summed E-state index contributed by atoms with van der Waals surface area (Å²) in [7, 11) is 0. The first-order valence-corrected chi connectivity index (χ1v) is 5.61. The molecule has 0 aliphatic carbocycles. The molecular weight excluding hydrogens is 186 g/mol. The molecule has 82 valence electrons. The Morgan fingerprint density at radius 2 is 1.60 bits per heavy atom. The van der Waals surface area contributed by atoms with Gasteiger partial charge in [-0.05, 0) is 42.5 Å². The van der Waals surface area contributed by atoms with Crippen molar-refractivity contribution < 1.29 is 5.11 Å². The summed E-state index contributed by atoms with van der Waals surface area (Å²) in [6.07, 6.45) is 2.49. The first kappa shape index (κ1) is 10.3. The molecule has 0 unspecified atom stereocenters. The van der Waals surface area contributed by atoms with Crippen molar-refractivity contribution in [2.45, 2.75) is 26.7 Å². The van der Waals surface area contributed by atoms with Crippen LogP contribution in [0.2, 0.25) is 0 Å². The maximum Gasteiger partial charge on any atom is 0.115 e. The van der Waals surface area contributed by atoms with Gasteiger partial charge in [-0.3, -0.25) is 0 Å². The second kappa shape index (κ2) is 3.76. The molecule has 0 atom stereocenters. The molecule has 0 saturated carbocycles. The summed E-state index contributed by atoms with van der Waals surface area (Å²) < 4.78 is 0. The maximum atomic E-state index is 9.22. The van der Waals surface area contributed by atoms with Crippen molar-refractivity contribution in [2.75, 3.05) is 18.0 Å². The van der Waals surface area contributed by atoms with Gasteiger partial charge in [0.15, 0.2) is 0 Å². The molecule has 1 aliphatic rings. The average Bonchev–Trinajstić information content (AvgIpc) is 2.20. The number of hydrogen-bond acceptors (Lipinski definition) is 2. The molecule has 1 aromatic rings. The Balaban J connectivity index is 2.04. The van der Waals surface area contributed by atoms with E-state index in [-0.39, 0.29) is 0 Å². The Bertz CT molecular complexity index is 319. The van der Waals surface area contributed by atoms with Crippen LogP contribution in [0.1, 0.15) is 26.7 Å². The van der Waals surface area contributed by atoms with Crippen LogP contribution in [0.4, 0.5) is 5.69 Å². The lowest BCUT2D eigenvalue weighted by Gasteiger charge is -2.38. The van der Waals surface area contributed by atoms with E-state index in [0.717, 1.165) is 13.1 Å². The minimum absolute atomic E-state index is 0.344. The van der Waals surface area contributed by atoms with E-state index in [4.69, 9.17) is 0 Å². The Morgan fingerprint density at radius 3 is 2.13 bits per heavy atom. The molecule has 1 heterocycles. The summed E-state index contributed by atoms with van der Waals surface area (Å²) in [5.74, 6) is 0.344. The number of nitrogens with zero attached hydrogens (tertiary/aromatic N) is 1. The molecule has 1 fully saturated rings. The van der Waals surface area contributed by atoms with E-state index < -0.39 is 0 Å². The van der Waals surface area contributed by atoms with Gasteiger partial charge in [-0.25, -0.2) is 0 Å². The summed E-state index contributed by atoms with van der Waals surface area (Å²) in [4.78, 5) is 2.39. The van der Waals surface area contributed by atoms with Crippen LogP contribution < -0.4 is 4.90 Å². The molecule has 2 nitrogen and oxygen atoms in total. The van der Waals surface area contributed by atoms with Crippen LogP contribution in [0.3, 0.4) is 0 Å². The number of piperidine rings is 1. The van der Waals surface area contributed by atoms with Gasteiger partial charge in [-0.15, -0.1) is 0 Å². The van der Waals surface area contributed by atoms with Gasteiger partial charge in [0.2, 0.25) is 0 Å². The molecule has 0 radical (unpaired) electrons. The highest BCUT2D eigenvalue weighted by Crippen LogP contribution is 2.32. The highest BCUT2D eigenvalue weighted by molar-refractivity contribution is 5.49. The van der Waals surface area contributed by atoms with Crippen molar-refractivity contribution in [2.24, 2.45) is 5.41 Å². The summed E-state index contributed by atoms with van der Waals surface area (Å²) in [5, 5.41) is 9.22. The highest BCUT2D eigenvalue weighted by Gasteiger charge is 2.25. The smallest absolute Gasteiger partial charge is 0.115 e. The molecule has 1 N–H and O–H groups in total. The van der Waals surface area contributed by atoms with E-state index in [1.807, 2.05) is 12.1 Å². The second-order valence-corrected chi connectivity index (χ2v) is 5.17. The van der Waals surface area contributed by atoms with Crippen LogP contribution >= 0.6 is 0 Å². The molecule has 0 amide bonds. The first-order valence-electron chi connectivity index (χ1n) is 5.61. The van der Waals surface area contributed by atoms with Crippen LogP contribution in [-0.4, -0.2) is 18.2 Å². The third kappa shape index (κ3) is 2.44. The predicted molar refractivity (Wildman–Crippen MR) is 63.3 cm³/mol. The zero-order chi connectivity index (χ0) is 10.9. The van der Waals surface area contributed by atoms with Crippen molar-refractivity contribution in [3.63, 3.8) is 0 Å². The molecule has 2 rings (SSSR count). The van der Waals surface area contributed by atoms with Crippen molar-refractivity contribution in [3.05, 3.63) is 24.3 Å². The molecule has 0 aromatic heterocycles. The fraction of sp³-hybridized carbons (Fsp3) is 0.538. The molecule has 0 spiro atoms. The van der Waals surface area contributed by atoms with Gasteiger partial charge in [0.25, 0.3) is 0 Å². The highest BCUT2D eigenvalue weighted by atomic mass is 16.3. The second-order valence-electron chi connectivity index (χ2n) is 5.17. The van der Waals surface area contributed by atoms with Gasteiger partial charge in [0, 0.05) is 18.8 Å². The molecule has 1 saturated heterocycles. The van der Waals surface area contributed by atoms with E-state index >= 15 is 0 Å². The number of phenols is 1. The van der Waals surface area contributed by atoms with E-state index in [2.05, 4.69) is 18.7 Å². The molecule has 15 heavy (non-hydrogen) atoms. The third-order valence-corrected chi connectivity index (χ3v) is 3.33. The molecular formula is C13H19NO. The fourth-order valence-corrected chi connectivity index (χ4v) is 2.03. The first-order chi connectivity index (χ1) is 7.07. The number of phenolic OH excluding ortho intramolecular Hbond substituents is 1. The van der Waals surface area contributed by atoms with E-state index in [1.54, 1.807) is 12.1 Å². The average molecular weight is 205 g/mol. The Labute approximate surface area is 91.5 Å². The van der Waals surface area contributed by atoms with Gasteiger partial charge in [-0.2, -0.15) is 0 Å². The quantitative estimate of drug-likeness (QED) is 0.761. The monoisotopic (exact) mass is 205 g/mol. The Morgan fingerprint density at radius 1 is 1.07 bits per heavy atom. The summed E-state index contributed by atoms with van der Waals surface area (Å²) in [6.45, 7) is 6.91. The lowest BCUT2D eigenvalue weighted by molar-refractivity contribution is 0.280. The third-order valence-electron chi connectivity index (χ3n) is 3.33. The minimum Gasteiger partial charge on any atom is -0.508 e. The van der Waals surface area contributed by atoms with Gasteiger partial charge >= 0.3 is 0 Å². The van der Waals surface area contributed by atoms with Gasteiger partial charge in [-0.1, -0.05) is 13.8 Å². The summed E-state index contributed by atoms with van der Waals surface area (Å²) in [5.41, 5.74) is 1.72. The van der Waals surface area contributed by atoms with Crippen LogP contribution in [0.25, 0.3) is 0 Å². The van der Waals surface area contributed by atoms with E-state index in [9.17, 15) is 5.11 Å². The Hall–Kier alpha value is -1.18. The fourth-order valence-electron chi connectivity index (χ4n) is 2.03. The normalized spacial score (nSPS) is 20.3. The van der Waals surface area contributed by atoms with Crippen LogP contribution in [0.15, 0.2) is 24.3 Å². The van der Waals surface area contributed by atoms with Crippen molar-refractivity contribution >= 4 is 5.69 Å². The SMILES string of the molecule is CC1(C)CCN(c2ccc(O)cc2)CC1. The molecule has 2 heteroatoms. The Kier molecular flexibility index (Phi) is 2.59. The van der Waals surface area contributed by atoms with Gasteiger partial charge in [0.1, 0.15) is 5.75 Å². The zero-order valence-electron chi connectivity index (χ0n) is 9.53. The number of rotatable bonds is 1. The van der Waals surface area contributed by atoms with E-state index in [1.165, 1.54) is 18.5 Å². The maximum absolute atomic E-state index is 9.22. The summed E-state index contributed by atoms with van der Waals surface area (Å²) >= 11 is 0. The standard InChI is InChI=1S/C13H19NO/c1-13(2)7-9-14(10-8-13)11-3-5-12(15)6-4-11/h3-6,15H,7-10H2,1-2H3. The van der Waals surface area contributed by atoms with Crippen LogP contribution in [0.5, 0.6) is 5.75 Å². The van der Waals surface area contributed by atoms with Crippen molar-refractivity contribution in [3.8, 4) is 5.75 Å². The van der Waals surface area contributed by atoms with Gasteiger partial charge in [0.05, 0.1) is 0 Å². The van der Waals surface area contributed by atoms with Crippen molar-refractivity contribution in [1.29, 1.82) is 0 Å². The lowest BCUT2D eigenvalue weighted by atomic mass is 9.82. The van der Waals surface area contributed by atoms with Crippen molar-refractivity contribution in [1.82, 2.24) is 0 Å². The summed E-state index contributed by atoms with van der Waals surface area (Å²) in [6, 6.07) is 7.51. The predicted octanol–water partition coefficient (Wildman–Crippen LogP) is 3.02. The molecule has 1 aliphatic heterocycles. The topological polar surface area (TPSA) is 23.5 Å². The number of anilines is 1. The molecule has 1 aromatic carbocycles. The largest absolute Gasteiger partial charge is 0.508 e.